The molecule has 0 saturated heterocycles. The van der Waals surface area contributed by atoms with Gasteiger partial charge in [0.25, 0.3) is 0 Å². The molecule has 164 valence electrons. The average molecular weight is 460 g/mol. The van der Waals surface area contributed by atoms with E-state index in [1.165, 1.54) is 33.4 Å². The molecule has 0 unspecified atom stereocenters. The minimum absolute atomic E-state index is 0.0973. The zero-order valence-electron chi connectivity index (χ0n) is 19.0. The molecule has 1 heterocycles. The van der Waals surface area contributed by atoms with Gasteiger partial charge in [-0.1, -0.05) is 105 Å². The third-order valence-corrected chi connectivity index (χ3v) is 6.85. The molecule has 0 aliphatic heterocycles. The number of hydrogen-bond donors (Lipinski definition) is 0. The molecule has 4 aromatic carbocycles. The van der Waals surface area contributed by atoms with E-state index >= 15 is 0 Å². The molecule has 0 radical (unpaired) electrons. The monoisotopic (exact) mass is 459 g/mol. The van der Waals surface area contributed by atoms with Crippen molar-refractivity contribution < 1.29 is 0 Å². The van der Waals surface area contributed by atoms with E-state index in [9.17, 15) is 0 Å². The van der Waals surface area contributed by atoms with Gasteiger partial charge in [-0.3, -0.25) is 0 Å². The van der Waals surface area contributed by atoms with Crippen LogP contribution in [0.4, 0.5) is 0 Å². The van der Waals surface area contributed by atoms with E-state index in [2.05, 4.69) is 90.5 Å². The molecular formula is C30H22ClN3. The molecule has 0 bridgehead atoms. The molecule has 6 rings (SSSR count). The van der Waals surface area contributed by atoms with Crippen LogP contribution in [0.5, 0.6) is 0 Å². The van der Waals surface area contributed by atoms with Gasteiger partial charge in [0.1, 0.15) is 0 Å². The highest BCUT2D eigenvalue weighted by atomic mass is 35.5. The van der Waals surface area contributed by atoms with Crippen LogP contribution in [0.15, 0.2) is 97.1 Å². The number of hydrogen-bond acceptors (Lipinski definition) is 3. The largest absolute Gasteiger partial charge is 0.226 e. The van der Waals surface area contributed by atoms with Crippen LogP contribution >= 0.6 is 11.6 Å². The van der Waals surface area contributed by atoms with Gasteiger partial charge in [0.05, 0.1) is 0 Å². The van der Waals surface area contributed by atoms with E-state index in [1.54, 1.807) is 0 Å². The first kappa shape index (κ1) is 20.8. The highest BCUT2D eigenvalue weighted by Gasteiger charge is 2.37. The molecule has 0 N–H and O–H groups in total. The van der Waals surface area contributed by atoms with Crippen LogP contribution in [0.25, 0.3) is 45.0 Å². The molecule has 1 aliphatic rings. The first-order chi connectivity index (χ1) is 16.5. The van der Waals surface area contributed by atoms with Crippen LogP contribution in [0.3, 0.4) is 0 Å². The zero-order valence-corrected chi connectivity index (χ0v) is 19.7. The minimum atomic E-state index is -0.0973. The molecule has 0 spiro atoms. The minimum Gasteiger partial charge on any atom is -0.208 e. The molecule has 0 amide bonds. The van der Waals surface area contributed by atoms with Crippen LogP contribution in [0.1, 0.15) is 25.0 Å². The Balaban J connectivity index is 1.55. The Morgan fingerprint density at radius 3 is 1.91 bits per heavy atom. The summed E-state index contributed by atoms with van der Waals surface area (Å²) in [5, 5.41) is 0.190. The van der Waals surface area contributed by atoms with E-state index in [0.29, 0.717) is 11.6 Å². The molecule has 4 heteroatoms. The van der Waals surface area contributed by atoms with Crippen LogP contribution in [0, 0.1) is 0 Å². The van der Waals surface area contributed by atoms with Gasteiger partial charge in [-0.15, -0.1) is 0 Å². The highest BCUT2D eigenvalue weighted by Crippen LogP contribution is 2.52. The second-order valence-corrected chi connectivity index (χ2v) is 9.44. The summed E-state index contributed by atoms with van der Waals surface area (Å²) < 4.78 is 0. The average Bonchev–Trinajstić information content (AvgIpc) is 3.11. The molecule has 0 saturated carbocycles. The number of halogens is 1. The molecule has 0 fully saturated rings. The second kappa shape index (κ2) is 7.89. The number of benzene rings is 4. The molecule has 3 nitrogen and oxygen atoms in total. The van der Waals surface area contributed by atoms with Gasteiger partial charge in [-0.2, -0.15) is 9.97 Å². The number of fused-ring (bicyclic) bond motifs is 3. The standard InChI is InChI=1S/C30H22ClN3/c1-30(2)24-17-16-21(28-32-27(33-29(31)34-28)20-12-7-4-8-13-20)18-23(24)26-22(14-9-15-25(26)30)19-10-5-3-6-11-19/h3-18H,1-2H3. The summed E-state index contributed by atoms with van der Waals surface area (Å²) in [4.78, 5) is 13.6. The third-order valence-electron chi connectivity index (χ3n) is 6.68. The van der Waals surface area contributed by atoms with Crippen molar-refractivity contribution in [3.05, 3.63) is 113 Å². The maximum atomic E-state index is 6.34. The van der Waals surface area contributed by atoms with Crippen molar-refractivity contribution in [2.24, 2.45) is 0 Å². The second-order valence-electron chi connectivity index (χ2n) is 9.10. The lowest BCUT2D eigenvalue weighted by molar-refractivity contribution is 0.660. The van der Waals surface area contributed by atoms with E-state index < -0.39 is 0 Å². The molecule has 1 aromatic heterocycles. The molecule has 1 aliphatic carbocycles. The lowest BCUT2D eigenvalue weighted by atomic mass is 9.82. The van der Waals surface area contributed by atoms with Gasteiger partial charge in [0.2, 0.25) is 5.28 Å². The quantitative estimate of drug-likeness (QED) is 0.276. The summed E-state index contributed by atoms with van der Waals surface area (Å²) in [6, 6.07) is 33.5. The van der Waals surface area contributed by atoms with Gasteiger partial charge >= 0.3 is 0 Å². The van der Waals surface area contributed by atoms with Crippen molar-refractivity contribution in [3.8, 4) is 45.0 Å². The summed E-state index contributed by atoms with van der Waals surface area (Å²) in [6.45, 7) is 4.58. The van der Waals surface area contributed by atoms with E-state index in [-0.39, 0.29) is 10.7 Å². The van der Waals surface area contributed by atoms with E-state index in [4.69, 9.17) is 16.6 Å². The smallest absolute Gasteiger partial charge is 0.208 e. The summed E-state index contributed by atoms with van der Waals surface area (Å²) in [7, 11) is 0. The lowest BCUT2D eigenvalue weighted by Gasteiger charge is -2.21. The Labute approximate surface area is 204 Å². The Morgan fingerprint density at radius 2 is 1.21 bits per heavy atom. The SMILES string of the molecule is CC1(C)c2ccc(-c3nc(Cl)nc(-c4ccccc4)n3)cc2-c2c(-c3ccccc3)cccc21. The summed E-state index contributed by atoms with van der Waals surface area (Å²) in [5.41, 5.74) is 9.31. The Kier molecular flexibility index (Phi) is 4.82. The van der Waals surface area contributed by atoms with E-state index in [0.717, 1.165) is 11.1 Å². The fourth-order valence-corrected chi connectivity index (χ4v) is 5.16. The highest BCUT2D eigenvalue weighted by molar-refractivity contribution is 6.28. The van der Waals surface area contributed by atoms with Crippen LogP contribution in [0.2, 0.25) is 5.28 Å². The zero-order chi connectivity index (χ0) is 23.3. The maximum Gasteiger partial charge on any atom is 0.226 e. The first-order valence-corrected chi connectivity index (χ1v) is 11.7. The Morgan fingerprint density at radius 1 is 0.559 bits per heavy atom. The topological polar surface area (TPSA) is 38.7 Å². The summed E-state index contributed by atoms with van der Waals surface area (Å²) in [6.07, 6.45) is 0. The molecular weight excluding hydrogens is 438 g/mol. The normalized spacial score (nSPS) is 13.4. The number of rotatable bonds is 3. The predicted molar refractivity (Wildman–Crippen MR) is 139 cm³/mol. The van der Waals surface area contributed by atoms with Crippen molar-refractivity contribution in [1.29, 1.82) is 0 Å². The van der Waals surface area contributed by atoms with Crippen LogP contribution < -0.4 is 0 Å². The van der Waals surface area contributed by atoms with Crippen LogP contribution in [-0.4, -0.2) is 15.0 Å². The Bertz CT molecular complexity index is 1530. The fraction of sp³-hybridized carbons (Fsp3) is 0.100. The summed E-state index contributed by atoms with van der Waals surface area (Å²) >= 11 is 6.34. The fourth-order valence-electron chi connectivity index (χ4n) is 5.00. The van der Waals surface area contributed by atoms with Crippen molar-refractivity contribution in [2.45, 2.75) is 19.3 Å². The van der Waals surface area contributed by atoms with Gasteiger partial charge in [0.15, 0.2) is 11.6 Å². The molecule has 5 aromatic rings. The van der Waals surface area contributed by atoms with Gasteiger partial charge in [-0.05, 0) is 51.0 Å². The molecule has 0 atom stereocenters. The lowest BCUT2D eigenvalue weighted by Crippen LogP contribution is -2.14. The van der Waals surface area contributed by atoms with Gasteiger partial charge in [-0.25, -0.2) is 4.98 Å². The first-order valence-electron chi connectivity index (χ1n) is 11.3. The van der Waals surface area contributed by atoms with Crippen molar-refractivity contribution in [1.82, 2.24) is 15.0 Å². The van der Waals surface area contributed by atoms with E-state index in [1.807, 2.05) is 30.3 Å². The number of aromatic nitrogens is 3. The maximum absolute atomic E-state index is 6.34. The summed E-state index contributed by atoms with van der Waals surface area (Å²) in [5.74, 6) is 1.15. The van der Waals surface area contributed by atoms with Gasteiger partial charge in [0, 0.05) is 16.5 Å². The third kappa shape index (κ3) is 3.32. The van der Waals surface area contributed by atoms with Crippen molar-refractivity contribution in [3.63, 3.8) is 0 Å². The van der Waals surface area contributed by atoms with Gasteiger partial charge < -0.3 is 0 Å². The number of nitrogens with zero attached hydrogens (tertiary/aromatic N) is 3. The Hall–Kier alpha value is -3.82. The predicted octanol–water partition coefficient (Wildman–Crippen LogP) is 7.83. The van der Waals surface area contributed by atoms with Crippen LogP contribution in [-0.2, 0) is 5.41 Å². The van der Waals surface area contributed by atoms with Crippen molar-refractivity contribution >= 4 is 11.6 Å². The van der Waals surface area contributed by atoms with Crippen molar-refractivity contribution in [2.75, 3.05) is 0 Å². The molecule has 34 heavy (non-hydrogen) atoms.